The van der Waals surface area contributed by atoms with Gasteiger partial charge in [-0.05, 0) is 46.5 Å². The van der Waals surface area contributed by atoms with E-state index in [0.717, 1.165) is 63.3 Å². The van der Waals surface area contributed by atoms with Crippen LogP contribution in [0.15, 0.2) is 150 Å². The van der Waals surface area contributed by atoms with Gasteiger partial charge in [-0.3, -0.25) is 10.2 Å². The van der Waals surface area contributed by atoms with Gasteiger partial charge in [0.15, 0.2) is 12.2 Å². The molecule has 2 unspecified atom stereocenters. The molecular weight excluding hydrogens is 717 g/mol. The van der Waals surface area contributed by atoms with Crippen LogP contribution in [0.2, 0.25) is 0 Å². The van der Waals surface area contributed by atoms with Gasteiger partial charge in [0.25, 0.3) is 0 Å². The second-order valence-corrected chi connectivity index (χ2v) is 14.7. The molecule has 0 aliphatic heterocycles. The van der Waals surface area contributed by atoms with Crippen LogP contribution < -0.4 is 9.47 Å². The Labute approximate surface area is 328 Å². The molecule has 0 fully saturated rings. The maximum atomic E-state index is 5.50. The van der Waals surface area contributed by atoms with Gasteiger partial charge in [-0.15, -0.1) is 11.3 Å². The number of nitrogens with zero attached hydrogens (tertiary/aromatic N) is 4. The number of H-pyrrole nitrogens is 2. The summed E-state index contributed by atoms with van der Waals surface area (Å²) in [5, 5.41) is 18.5. The standard InChI is InChI=1S/C23H19N3O2.C23H19N3OS/c1-27-18-9-5-8-17(12-18)23(16-6-3-2-4-7-16)11-10-19-20(13-23)25-26-22(19)21-14-24-15-28-21;1-27-18-9-5-8-17(14-18)23(16-6-3-2-4-7-16)11-10-19-20(15-23)25-26-21(19)22-24-12-13-28-22/h2-12,14-15H,13H2,1H3,(H,25,26);2-14H,15H2,1H3,(H,25,26). The fraction of sp³-hybridized carbons (Fsp3) is 0.130. The minimum Gasteiger partial charge on any atom is -0.497 e. The Morgan fingerprint density at radius 2 is 1.18 bits per heavy atom. The quantitative estimate of drug-likeness (QED) is 0.159. The van der Waals surface area contributed by atoms with E-state index >= 15 is 0 Å². The maximum absolute atomic E-state index is 5.50. The predicted molar refractivity (Wildman–Crippen MR) is 220 cm³/mol. The van der Waals surface area contributed by atoms with Gasteiger partial charge in [0.2, 0.25) is 0 Å². The topological polar surface area (TPSA) is 115 Å². The molecule has 0 saturated heterocycles. The van der Waals surface area contributed by atoms with Crippen molar-refractivity contribution in [1.82, 2.24) is 30.4 Å². The minimum absolute atomic E-state index is 0.282. The zero-order chi connectivity index (χ0) is 38.0. The summed E-state index contributed by atoms with van der Waals surface area (Å²) >= 11 is 1.61. The van der Waals surface area contributed by atoms with Gasteiger partial charge < -0.3 is 13.9 Å². The van der Waals surface area contributed by atoms with E-state index in [4.69, 9.17) is 13.9 Å². The van der Waals surface area contributed by atoms with E-state index in [9.17, 15) is 0 Å². The molecule has 276 valence electrons. The van der Waals surface area contributed by atoms with Crippen molar-refractivity contribution in [2.75, 3.05) is 14.2 Å². The fourth-order valence-corrected chi connectivity index (χ4v) is 8.59. The Balaban J connectivity index is 0.000000146. The average Bonchev–Trinajstić information content (AvgIpc) is 4.12. The Hall–Kier alpha value is -6.78. The number of aromatic amines is 2. The first kappa shape index (κ1) is 35.0. The van der Waals surface area contributed by atoms with Gasteiger partial charge in [0, 0.05) is 57.8 Å². The molecule has 56 heavy (non-hydrogen) atoms. The summed E-state index contributed by atoms with van der Waals surface area (Å²) in [4.78, 5) is 8.44. The molecule has 8 aromatic rings. The molecular formula is C46H38N6O3S. The highest BCUT2D eigenvalue weighted by atomic mass is 32.1. The number of hydrogen-bond donors (Lipinski definition) is 2. The SMILES string of the molecule is COc1cccc(C2(c3ccccc3)C=Cc3c(-c4cnco4)n[nH]c3C2)c1.COc1cccc(C2(c3ccccc3)C=Cc3c(-c4nccs4)n[nH]c3C2)c1. The van der Waals surface area contributed by atoms with Crippen molar-refractivity contribution in [1.29, 1.82) is 0 Å². The van der Waals surface area contributed by atoms with Gasteiger partial charge >= 0.3 is 0 Å². The summed E-state index contributed by atoms with van der Waals surface area (Å²) in [7, 11) is 3.40. The lowest BCUT2D eigenvalue weighted by molar-refractivity contribution is 0.413. The number of nitrogens with one attached hydrogen (secondary N) is 2. The summed E-state index contributed by atoms with van der Waals surface area (Å²) in [6.07, 6.45) is 15.4. The van der Waals surface area contributed by atoms with Gasteiger partial charge in [0.05, 0.1) is 20.4 Å². The van der Waals surface area contributed by atoms with Crippen LogP contribution in [0.1, 0.15) is 44.8 Å². The molecule has 4 aromatic heterocycles. The lowest BCUT2D eigenvalue weighted by atomic mass is 9.68. The van der Waals surface area contributed by atoms with Crippen molar-refractivity contribution in [2.45, 2.75) is 23.7 Å². The second-order valence-electron chi connectivity index (χ2n) is 13.8. The normalized spacial score (nSPS) is 18.0. The van der Waals surface area contributed by atoms with Crippen LogP contribution in [-0.2, 0) is 23.7 Å². The van der Waals surface area contributed by atoms with Crippen LogP contribution in [-0.4, -0.2) is 44.6 Å². The number of aromatic nitrogens is 6. The lowest BCUT2D eigenvalue weighted by Crippen LogP contribution is -2.30. The van der Waals surface area contributed by atoms with Crippen molar-refractivity contribution < 1.29 is 13.9 Å². The number of benzene rings is 4. The van der Waals surface area contributed by atoms with Gasteiger partial charge in [-0.25, -0.2) is 9.97 Å². The van der Waals surface area contributed by atoms with Crippen LogP contribution in [0.4, 0.5) is 0 Å². The van der Waals surface area contributed by atoms with E-state index in [-0.39, 0.29) is 10.8 Å². The highest BCUT2D eigenvalue weighted by molar-refractivity contribution is 7.13. The molecule has 0 radical (unpaired) electrons. The van der Waals surface area contributed by atoms with Crippen molar-refractivity contribution >= 4 is 23.5 Å². The van der Waals surface area contributed by atoms with Crippen LogP contribution in [0.25, 0.3) is 34.3 Å². The molecule has 0 spiro atoms. The summed E-state index contributed by atoms with van der Waals surface area (Å²) in [6, 6.07) is 37.7. The number of ether oxygens (including phenoxy) is 2. The molecule has 2 atom stereocenters. The predicted octanol–water partition coefficient (Wildman–Crippen LogP) is 9.73. The summed E-state index contributed by atoms with van der Waals surface area (Å²) in [5.74, 6) is 2.37. The lowest BCUT2D eigenvalue weighted by Gasteiger charge is -2.34. The molecule has 10 rings (SSSR count). The number of fused-ring (bicyclic) bond motifs is 2. The first-order valence-corrected chi connectivity index (χ1v) is 19.2. The molecule has 9 nitrogen and oxygen atoms in total. The first-order valence-electron chi connectivity index (χ1n) is 18.3. The zero-order valence-electron chi connectivity index (χ0n) is 30.8. The molecule has 2 aliphatic rings. The van der Waals surface area contributed by atoms with E-state index in [1.807, 2.05) is 35.8 Å². The molecule has 0 saturated carbocycles. The Morgan fingerprint density at radius 1 is 0.643 bits per heavy atom. The number of hydrogen-bond acceptors (Lipinski definition) is 8. The van der Waals surface area contributed by atoms with Crippen molar-refractivity contribution in [3.63, 3.8) is 0 Å². The van der Waals surface area contributed by atoms with Crippen molar-refractivity contribution in [3.05, 3.63) is 190 Å². The third kappa shape index (κ3) is 6.23. The van der Waals surface area contributed by atoms with E-state index in [0.29, 0.717) is 5.76 Å². The van der Waals surface area contributed by atoms with Crippen molar-refractivity contribution in [3.8, 4) is 33.7 Å². The van der Waals surface area contributed by atoms with E-state index < -0.39 is 0 Å². The molecule has 10 heteroatoms. The molecule has 4 aromatic carbocycles. The van der Waals surface area contributed by atoms with Crippen LogP contribution in [0, 0.1) is 0 Å². The summed E-state index contributed by atoms with van der Waals surface area (Å²) in [6.45, 7) is 0. The van der Waals surface area contributed by atoms with Gasteiger partial charge in [-0.2, -0.15) is 10.2 Å². The first-order chi connectivity index (χ1) is 27.6. The summed E-state index contributed by atoms with van der Waals surface area (Å²) in [5.41, 5.74) is 10.3. The van der Waals surface area contributed by atoms with E-state index in [2.05, 4.69) is 140 Å². The van der Waals surface area contributed by atoms with Crippen LogP contribution in [0.5, 0.6) is 11.5 Å². The van der Waals surface area contributed by atoms with Crippen LogP contribution in [0.3, 0.4) is 0 Å². The molecule has 0 bridgehead atoms. The Bertz CT molecular complexity index is 2450. The molecule has 2 aliphatic carbocycles. The highest BCUT2D eigenvalue weighted by Crippen LogP contribution is 2.45. The number of oxazole rings is 1. The Morgan fingerprint density at radius 3 is 1.68 bits per heavy atom. The highest BCUT2D eigenvalue weighted by Gasteiger charge is 2.38. The monoisotopic (exact) mass is 754 g/mol. The summed E-state index contributed by atoms with van der Waals surface area (Å²) < 4.78 is 16.4. The van der Waals surface area contributed by atoms with Gasteiger partial charge in [0.1, 0.15) is 27.9 Å². The largest absolute Gasteiger partial charge is 0.497 e. The average molecular weight is 755 g/mol. The minimum atomic E-state index is -0.311. The van der Waals surface area contributed by atoms with Gasteiger partial charge in [-0.1, -0.05) is 109 Å². The molecule has 4 heterocycles. The third-order valence-electron chi connectivity index (χ3n) is 10.8. The smallest absolute Gasteiger partial charge is 0.181 e. The maximum Gasteiger partial charge on any atom is 0.181 e. The van der Waals surface area contributed by atoms with Crippen molar-refractivity contribution in [2.24, 2.45) is 0 Å². The third-order valence-corrected chi connectivity index (χ3v) is 11.6. The van der Waals surface area contributed by atoms with E-state index in [1.54, 1.807) is 31.8 Å². The molecule has 0 amide bonds. The fourth-order valence-electron chi connectivity index (χ4n) is 7.95. The van der Waals surface area contributed by atoms with Crippen LogP contribution >= 0.6 is 11.3 Å². The number of methoxy groups -OCH3 is 2. The number of rotatable bonds is 8. The van der Waals surface area contributed by atoms with E-state index in [1.165, 1.54) is 28.6 Å². The molecule has 2 N–H and O–H groups in total. The second kappa shape index (κ2) is 14.8. The number of allylic oxidation sites excluding steroid dienone is 2. The zero-order valence-corrected chi connectivity index (χ0v) is 31.7. The Kier molecular flexibility index (Phi) is 9.24. The number of thiazole rings is 1.